The summed E-state index contributed by atoms with van der Waals surface area (Å²) >= 11 is 0. The minimum absolute atomic E-state index is 0.116. The van der Waals surface area contributed by atoms with Crippen LogP contribution in [0.1, 0.15) is 57.1 Å². The molecule has 1 aromatic rings. The molecule has 0 aliphatic carbocycles. The van der Waals surface area contributed by atoms with Gasteiger partial charge in [0.15, 0.2) is 0 Å². The van der Waals surface area contributed by atoms with Crippen molar-refractivity contribution in [1.29, 1.82) is 0 Å². The number of rotatable bonds is 4. The Morgan fingerprint density at radius 2 is 2.20 bits per heavy atom. The van der Waals surface area contributed by atoms with Crippen molar-refractivity contribution in [1.82, 2.24) is 9.97 Å². The van der Waals surface area contributed by atoms with Crippen LogP contribution in [0.25, 0.3) is 0 Å². The number of nitrogens with two attached hydrogens (primary N) is 1. The largest absolute Gasteiger partial charge is 0.321 e. The quantitative estimate of drug-likeness (QED) is 0.792. The van der Waals surface area contributed by atoms with E-state index in [2.05, 4.69) is 16.9 Å². The Morgan fingerprint density at radius 3 is 2.73 bits per heavy atom. The first kappa shape index (κ1) is 11.9. The molecule has 4 heteroatoms. The van der Waals surface area contributed by atoms with Gasteiger partial charge < -0.3 is 10.7 Å². The second-order valence-electron chi connectivity index (χ2n) is 4.11. The topological polar surface area (TPSA) is 71.8 Å². The second kappa shape index (κ2) is 5.07. The molecule has 15 heavy (non-hydrogen) atoms. The van der Waals surface area contributed by atoms with Gasteiger partial charge in [-0.15, -0.1) is 0 Å². The number of hydrogen-bond donors (Lipinski definition) is 2. The normalized spacial score (nSPS) is 13.1. The van der Waals surface area contributed by atoms with Gasteiger partial charge in [-0.2, -0.15) is 0 Å². The molecule has 1 rings (SSSR count). The van der Waals surface area contributed by atoms with E-state index >= 15 is 0 Å². The first-order chi connectivity index (χ1) is 7.04. The van der Waals surface area contributed by atoms with Crippen LogP contribution in [-0.4, -0.2) is 9.97 Å². The minimum atomic E-state index is -0.165. The predicted octanol–water partition coefficient (Wildman–Crippen LogP) is 1.69. The van der Waals surface area contributed by atoms with E-state index in [-0.39, 0.29) is 17.5 Å². The molecule has 0 amide bonds. The van der Waals surface area contributed by atoms with Crippen LogP contribution in [0.15, 0.2) is 10.9 Å². The molecule has 0 radical (unpaired) electrons. The molecule has 1 unspecified atom stereocenters. The fourth-order valence-electron chi connectivity index (χ4n) is 1.42. The van der Waals surface area contributed by atoms with Crippen LogP contribution in [0, 0.1) is 0 Å². The van der Waals surface area contributed by atoms with Gasteiger partial charge in [0.25, 0.3) is 5.56 Å². The maximum atomic E-state index is 11.4. The zero-order valence-electron chi connectivity index (χ0n) is 9.58. The Balaban J connectivity index is 3.03. The highest BCUT2D eigenvalue weighted by Gasteiger charge is 2.10. The molecule has 0 saturated heterocycles. The van der Waals surface area contributed by atoms with Crippen molar-refractivity contribution in [3.8, 4) is 0 Å². The summed E-state index contributed by atoms with van der Waals surface area (Å²) in [4.78, 5) is 18.4. The lowest BCUT2D eigenvalue weighted by molar-refractivity contribution is 0.591. The van der Waals surface area contributed by atoms with Crippen molar-refractivity contribution in [3.63, 3.8) is 0 Å². The maximum Gasteiger partial charge on any atom is 0.251 e. The van der Waals surface area contributed by atoms with E-state index in [0.29, 0.717) is 5.82 Å². The van der Waals surface area contributed by atoms with Crippen molar-refractivity contribution in [2.24, 2.45) is 5.73 Å². The highest BCUT2D eigenvalue weighted by atomic mass is 16.1. The van der Waals surface area contributed by atoms with Crippen LogP contribution < -0.4 is 11.3 Å². The minimum Gasteiger partial charge on any atom is -0.321 e. The third kappa shape index (κ3) is 3.16. The molecular weight excluding hydrogens is 190 g/mol. The van der Waals surface area contributed by atoms with E-state index < -0.39 is 0 Å². The van der Waals surface area contributed by atoms with Gasteiger partial charge in [-0.1, -0.05) is 27.2 Å². The summed E-state index contributed by atoms with van der Waals surface area (Å²) in [5, 5.41) is 0. The molecule has 1 aromatic heterocycles. The molecule has 1 heterocycles. The molecule has 1 atom stereocenters. The highest BCUT2D eigenvalue weighted by molar-refractivity contribution is 5.08. The first-order valence-electron chi connectivity index (χ1n) is 5.41. The van der Waals surface area contributed by atoms with Crippen LogP contribution in [0.4, 0.5) is 0 Å². The maximum absolute atomic E-state index is 11.4. The lowest BCUT2D eigenvalue weighted by Crippen LogP contribution is -2.20. The van der Waals surface area contributed by atoms with Gasteiger partial charge in [-0.3, -0.25) is 4.79 Å². The van der Waals surface area contributed by atoms with Crippen LogP contribution in [0.2, 0.25) is 0 Å². The molecule has 0 fully saturated rings. The Kier molecular flexibility index (Phi) is 4.03. The molecule has 0 bridgehead atoms. The standard InChI is InChI=1S/C11H19N3O/c1-4-5-8(12)11-13-9(7(2)3)6-10(15)14-11/h6-8H,4-5,12H2,1-3H3,(H,13,14,15). The number of H-pyrrole nitrogens is 1. The van der Waals surface area contributed by atoms with Gasteiger partial charge in [-0.05, 0) is 12.3 Å². The summed E-state index contributed by atoms with van der Waals surface area (Å²) in [6.07, 6.45) is 1.82. The molecule has 3 N–H and O–H groups in total. The van der Waals surface area contributed by atoms with Gasteiger partial charge in [0.05, 0.1) is 11.7 Å². The third-order valence-corrected chi connectivity index (χ3v) is 2.32. The summed E-state index contributed by atoms with van der Waals surface area (Å²) in [6.45, 7) is 6.08. The fourth-order valence-corrected chi connectivity index (χ4v) is 1.42. The smallest absolute Gasteiger partial charge is 0.251 e. The fraction of sp³-hybridized carbons (Fsp3) is 0.636. The van der Waals surface area contributed by atoms with Crippen molar-refractivity contribution >= 4 is 0 Å². The SMILES string of the molecule is CCCC(N)c1nc(C(C)C)cc(=O)[nH]1. The molecular formula is C11H19N3O. The van der Waals surface area contributed by atoms with E-state index in [0.717, 1.165) is 18.5 Å². The van der Waals surface area contributed by atoms with Gasteiger partial charge in [0, 0.05) is 6.07 Å². The van der Waals surface area contributed by atoms with Crippen molar-refractivity contribution in [2.45, 2.75) is 45.6 Å². The number of aromatic nitrogens is 2. The number of nitrogens with zero attached hydrogens (tertiary/aromatic N) is 1. The van der Waals surface area contributed by atoms with E-state index in [4.69, 9.17) is 5.73 Å². The number of nitrogens with one attached hydrogen (secondary N) is 1. The molecule has 84 valence electrons. The van der Waals surface area contributed by atoms with Gasteiger partial charge in [0.2, 0.25) is 0 Å². The van der Waals surface area contributed by atoms with E-state index in [9.17, 15) is 4.79 Å². The van der Waals surface area contributed by atoms with Crippen LogP contribution >= 0.6 is 0 Å². The Hall–Kier alpha value is -1.16. The number of aromatic amines is 1. The summed E-state index contributed by atoms with van der Waals surface area (Å²) in [7, 11) is 0. The Bertz CT molecular complexity index is 370. The summed E-state index contributed by atoms with van der Waals surface area (Å²) in [5.74, 6) is 0.855. The van der Waals surface area contributed by atoms with E-state index in [1.54, 1.807) is 0 Å². The van der Waals surface area contributed by atoms with Gasteiger partial charge >= 0.3 is 0 Å². The van der Waals surface area contributed by atoms with Gasteiger partial charge in [-0.25, -0.2) is 4.98 Å². The third-order valence-electron chi connectivity index (χ3n) is 2.32. The zero-order chi connectivity index (χ0) is 11.4. The van der Waals surface area contributed by atoms with E-state index in [1.165, 1.54) is 6.07 Å². The molecule has 0 spiro atoms. The second-order valence-corrected chi connectivity index (χ2v) is 4.11. The zero-order valence-corrected chi connectivity index (χ0v) is 9.58. The Labute approximate surface area is 89.9 Å². The highest BCUT2D eigenvalue weighted by Crippen LogP contribution is 2.13. The van der Waals surface area contributed by atoms with E-state index in [1.807, 2.05) is 13.8 Å². The monoisotopic (exact) mass is 209 g/mol. The summed E-state index contributed by atoms with van der Waals surface area (Å²) in [6, 6.07) is 1.37. The lowest BCUT2D eigenvalue weighted by atomic mass is 10.1. The first-order valence-corrected chi connectivity index (χ1v) is 5.41. The Morgan fingerprint density at radius 1 is 1.53 bits per heavy atom. The van der Waals surface area contributed by atoms with Crippen LogP contribution in [-0.2, 0) is 0 Å². The summed E-state index contributed by atoms with van der Waals surface area (Å²) < 4.78 is 0. The van der Waals surface area contributed by atoms with Crippen molar-refractivity contribution < 1.29 is 0 Å². The molecule has 4 nitrogen and oxygen atoms in total. The lowest BCUT2D eigenvalue weighted by Gasteiger charge is -2.11. The molecule has 0 aliphatic heterocycles. The summed E-state index contributed by atoms with van der Waals surface area (Å²) in [5.41, 5.74) is 6.60. The average molecular weight is 209 g/mol. The van der Waals surface area contributed by atoms with Gasteiger partial charge in [0.1, 0.15) is 5.82 Å². The molecule has 0 aromatic carbocycles. The van der Waals surface area contributed by atoms with Crippen molar-refractivity contribution in [3.05, 3.63) is 27.9 Å². The predicted molar refractivity (Wildman–Crippen MR) is 60.8 cm³/mol. The molecule has 0 saturated carbocycles. The average Bonchev–Trinajstić information content (AvgIpc) is 2.17. The molecule has 0 aliphatic rings. The number of hydrogen-bond acceptors (Lipinski definition) is 3. The van der Waals surface area contributed by atoms with Crippen LogP contribution in [0.5, 0.6) is 0 Å². The van der Waals surface area contributed by atoms with Crippen LogP contribution in [0.3, 0.4) is 0 Å². The van der Waals surface area contributed by atoms with Crippen molar-refractivity contribution in [2.75, 3.05) is 0 Å².